The molecule has 0 radical (unpaired) electrons. The summed E-state index contributed by atoms with van der Waals surface area (Å²) in [4.78, 5) is 32.6. The number of anilines is 1. The molecular formula is C36H44N4O9. The van der Waals surface area contributed by atoms with Crippen LogP contribution >= 0.6 is 0 Å². The fourth-order valence-corrected chi connectivity index (χ4v) is 6.74. The van der Waals surface area contributed by atoms with E-state index in [4.69, 9.17) is 18.9 Å². The number of fused-ring (bicyclic) bond motifs is 1. The zero-order valence-electron chi connectivity index (χ0n) is 27.7. The highest BCUT2D eigenvalue weighted by Crippen LogP contribution is 2.36. The molecule has 0 saturated carbocycles. The number of nitrogens with one attached hydrogen (secondary N) is 1. The van der Waals surface area contributed by atoms with E-state index in [0.29, 0.717) is 24.3 Å². The first-order chi connectivity index (χ1) is 23.9. The van der Waals surface area contributed by atoms with Crippen LogP contribution in [0.2, 0.25) is 0 Å². The van der Waals surface area contributed by atoms with Crippen LogP contribution in [0.15, 0.2) is 66.7 Å². The summed E-state index contributed by atoms with van der Waals surface area (Å²) in [6, 6.07) is 20.3. The van der Waals surface area contributed by atoms with Crippen LogP contribution in [0.3, 0.4) is 0 Å². The van der Waals surface area contributed by atoms with Gasteiger partial charge in [-0.3, -0.25) is 4.79 Å². The number of benzene rings is 3. The van der Waals surface area contributed by atoms with Gasteiger partial charge in [0.15, 0.2) is 0 Å². The summed E-state index contributed by atoms with van der Waals surface area (Å²) >= 11 is 0. The second kappa shape index (κ2) is 16.3. The van der Waals surface area contributed by atoms with Crippen molar-refractivity contribution in [3.63, 3.8) is 0 Å². The van der Waals surface area contributed by atoms with E-state index in [1.165, 1.54) is 0 Å². The van der Waals surface area contributed by atoms with Crippen LogP contribution in [0, 0.1) is 10.1 Å². The Morgan fingerprint density at radius 2 is 1.86 bits per heavy atom. The Balaban J connectivity index is 1.19. The van der Waals surface area contributed by atoms with Gasteiger partial charge in [0.05, 0.1) is 31.0 Å². The Morgan fingerprint density at radius 1 is 1.06 bits per heavy atom. The van der Waals surface area contributed by atoms with Crippen molar-refractivity contribution in [2.24, 2.45) is 0 Å². The van der Waals surface area contributed by atoms with Gasteiger partial charge in [-0.05, 0) is 72.5 Å². The average molecular weight is 677 g/mol. The molecule has 6 rings (SSSR count). The minimum absolute atomic E-state index is 0.119. The molecule has 2 saturated heterocycles. The molecule has 0 aromatic heterocycles. The largest absolute Gasteiger partial charge is 0.490 e. The highest BCUT2D eigenvalue weighted by atomic mass is 16.9. The van der Waals surface area contributed by atoms with E-state index in [0.717, 1.165) is 67.3 Å². The summed E-state index contributed by atoms with van der Waals surface area (Å²) in [7, 11) is 1.71. The summed E-state index contributed by atoms with van der Waals surface area (Å²) in [6.07, 6.45) is 0.580. The van der Waals surface area contributed by atoms with Crippen LogP contribution in [0.4, 0.5) is 5.69 Å². The van der Waals surface area contributed by atoms with Gasteiger partial charge in [0, 0.05) is 51.4 Å². The number of methoxy groups -OCH3 is 1. The molecule has 13 heteroatoms. The van der Waals surface area contributed by atoms with E-state index in [1.807, 2.05) is 36.4 Å². The van der Waals surface area contributed by atoms with Gasteiger partial charge >= 0.3 is 0 Å². The first-order valence-electron chi connectivity index (χ1n) is 16.8. The van der Waals surface area contributed by atoms with Crippen molar-refractivity contribution in [3.05, 3.63) is 99.1 Å². The molecule has 0 spiro atoms. The Bertz CT molecular complexity index is 1550. The Hall–Kier alpha value is -4.43. The second-order valence-corrected chi connectivity index (χ2v) is 12.6. The number of hydrogen-bond acceptors (Lipinski definition) is 11. The lowest BCUT2D eigenvalue weighted by molar-refractivity contribution is -0.763. The Labute approximate surface area is 285 Å². The molecule has 2 N–H and O–H groups in total. The molecule has 2 fully saturated rings. The molecule has 13 nitrogen and oxygen atoms in total. The van der Waals surface area contributed by atoms with Gasteiger partial charge in [-0.15, -0.1) is 10.1 Å². The summed E-state index contributed by atoms with van der Waals surface area (Å²) in [5.41, 5.74) is 3.84. The lowest BCUT2D eigenvalue weighted by atomic mass is 9.84. The van der Waals surface area contributed by atoms with E-state index in [9.17, 15) is 20.0 Å². The van der Waals surface area contributed by atoms with Gasteiger partial charge in [-0.2, -0.15) is 0 Å². The molecule has 262 valence electrons. The van der Waals surface area contributed by atoms with Crippen LogP contribution < -0.4 is 19.7 Å². The maximum Gasteiger partial charge on any atom is 0.294 e. The number of β-amino-alcohol motifs (C(OH)–C–C–N with tert-alkyl or cyclic N) is 1. The normalized spacial score (nSPS) is 21.9. The van der Waals surface area contributed by atoms with E-state index in [2.05, 4.69) is 21.1 Å². The number of amides is 1. The Kier molecular flexibility index (Phi) is 11.5. The fourth-order valence-electron chi connectivity index (χ4n) is 6.74. The molecule has 0 bridgehead atoms. The lowest BCUT2D eigenvalue weighted by Gasteiger charge is -2.42. The third-order valence-corrected chi connectivity index (χ3v) is 9.25. The number of ether oxygens (including phenoxy) is 4. The molecule has 3 aliphatic rings. The first-order valence-corrected chi connectivity index (χ1v) is 16.8. The van der Waals surface area contributed by atoms with Crippen LogP contribution in [-0.4, -0.2) is 98.9 Å². The predicted octanol–water partition coefficient (Wildman–Crippen LogP) is 3.56. The van der Waals surface area contributed by atoms with Crippen molar-refractivity contribution >= 4 is 11.6 Å². The van der Waals surface area contributed by atoms with Crippen LogP contribution in [0.5, 0.6) is 11.5 Å². The van der Waals surface area contributed by atoms with Crippen LogP contribution in [0.1, 0.15) is 45.8 Å². The number of piperidine rings is 1. The molecule has 3 aromatic rings. The highest BCUT2D eigenvalue weighted by molar-refractivity contribution is 5.94. The van der Waals surface area contributed by atoms with Crippen molar-refractivity contribution in [1.29, 1.82) is 0 Å². The molecule has 3 heterocycles. The third-order valence-electron chi connectivity index (χ3n) is 9.25. The van der Waals surface area contributed by atoms with Crippen LogP contribution in [0.25, 0.3) is 0 Å². The van der Waals surface area contributed by atoms with Gasteiger partial charge in [-0.25, -0.2) is 0 Å². The number of hydrogen-bond donors (Lipinski definition) is 2. The molecule has 4 atom stereocenters. The maximum atomic E-state index is 13.7. The quantitative estimate of drug-likeness (QED) is 0.147. The van der Waals surface area contributed by atoms with Gasteiger partial charge < -0.3 is 44.0 Å². The van der Waals surface area contributed by atoms with Gasteiger partial charge in [0.25, 0.3) is 11.0 Å². The number of aliphatic hydroxyl groups is 1. The van der Waals surface area contributed by atoms with Crippen molar-refractivity contribution in [3.8, 4) is 11.5 Å². The van der Waals surface area contributed by atoms with Crippen molar-refractivity contribution in [2.45, 2.75) is 50.3 Å². The molecular weight excluding hydrogens is 632 g/mol. The monoisotopic (exact) mass is 676 g/mol. The average Bonchev–Trinajstić information content (AvgIpc) is 3.63. The number of nitrogens with zero attached hydrogens (tertiary/aromatic N) is 3. The van der Waals surface area contributed by atoms with Gasteiger partial charge in [0.1, 0.15) is 30.8 Å². The smallest absolute Gasteiger partial charge is 0.294 e. The molecule has 1 amide bonds. The topological polar surface area (TPSA) is 145 Å². The number of carbonyl (C=O) groups excluding carboxylic acids is 1. The van der Waals surface area contributed by atoms with Crippen LogP contribution in [-0.2, 0) is 27.5 Å². The molecule has 0 aliphatic carbocycles. The minimum atomic E-state index is -0.894. The van der Waals surface area contributed by atoms with E-state index in [1.54, 1.807) is 36.3 Å². The molecule has 4 unspecified atom stereocenters. The van der Waals surface area contributed by atoms with Crippen molar-refractivity contribution in [2.75, 3.05) is 64.5 Å². The third kappa shape index (κ3) is 8.79. The lowest BCUT2D eigenvalue weighted by Crippen LogP contribution is -2.53. The zero-order valence-corrected chi connectivity index (χ0v) is 27.7. The van der Waals surface area contributed by atoms with E-state index >= 15 is 0 Å². The fraction of sp³-hybridized carbons (Fsp3) is 0.472. The summed E-state index contributed by atoms with van der Waals surface area (Å²) in [5.74, 6) is 0.955. The van der Waals surface area contributed by atoms with Crippen molar-refractivity contribution < 1.29 is 38.8 Å². The molecule has 3 aliphatic heterocycles. The first kappa shape index (κ1) is 34.4. The maximum absolute atomic E-state index is 13.7. The minimum Gasteiger partial charge on any atom is -0.490 e. The predicted molar refractivity (Wildman–Crippen MR) is 180 cm³/mol. The highest BCUT2D eigenvalue weighted by Gasteiger charge is 2.40. The molecule has 3 aromatic carbocycles. The van der Waals surface area contributed by atoms with Crippen molar-refractivity contribution in [1.82, 2.24) is 10.2 Å². The summed E-state index contributed by atoms with van der Waals surface area (Å²) in [6.45, 7) is 5.15. The number of rotatable bonds is 14. The number of aliphatic hydroxyl groups excluding tert-OH is 1. The van der Waals surface area contributed by atoms with E-state index < -0.39 is 17.3 Å². The second-order valence-electron chi connectivity index (χ2n) is 12.6. The standard InChI is InChI=1S/C36H44N4O9/c1-45-17-2-15-38-16-18-46-33-12-5-26(19-31(33)38)23-47-34-22-39(36(42)28-6-3-25(4-7-28)24-48-40(43)44)21-32(41)35(34)27-8-10-29(11-9-27)49-30-13-14-37-20-30/h3-12,19,30,32,34-35,37,41H,2,13-18,20-24H2,1H3. The van der Waals surface area contributed by atoms with Gasteiger partial charge in [0.2, 0.25) is 0 Å². The Morgan fingerprint density at radius 3 is 2.59 bits per heavy atom. The van der Waals surface area contributed by atoms with E-state index in [-0.39, 0.29) is 44.2 Å². The zero-order chi connectivity index (χ0) is 34.2. The number of carbonyl (C=O) groups is 1. The number of likely N-dealkylation sites (tertiary alicyclic amines) is 1. The van der Waals surface area contributed by atoms with Gasteiger partial charge in [-0.1, -0.05) is 30.3 Å². The summed E-state index contributed by atoms with van der Waals surface area (Å²) in [5, 5.41) is 24.6. The molecule has 49 heavy (non-hydrogen) atoms. The summed E-state index contributed by atoms with van der Waals surface area (Å²) < 4.78 is 23.9. The SMILES string of the molecule is COCCCN1CCOc2ccc(COC3CN(C(=O)c4ccc(CO[N+](=O)[O-])cc4)CC(O)C3c3ccc(OC4CCNC4)cc3)cc21.